The monoisotopic (exact) mass is 288 g/mol. The Morgan fingerprint density at radius 3 is 2.65 bits per heavy atom. The molecule has 0 amide bonds. The summed E-state index contributed by atoms with van der Waals surface area (Å²) >= 11 is 5.97. The fourth-order valence-electron chi connectivity index (χ4n) is 2.50. The summed E-state index contributed by atoms with van der Waals surface area (Å²) in [6.07, 6.45) is 6.62. The lowest BCUT2D eigenvalue weighted by Crippen LogP contribution is -2.15. The summed E-state index contributed by atoms with van der Waals surface area (Å²) in [4.78, 5) is 8.51. The van der Waals surface area contributed by atoms with Crippen molar-refractivity contribution in [2.75, 3.05) is 10.6 Å². The van der Waals surface area contributed by atoms with E-state index < -0.39 is 0 Å². The number of nitrogens with one attached hydrogen (secondary N) is 2. The first-order chi connectivity index (χ1) is 9.79. The Bertz CT molecular complexity index is 582. The molecule has 0 atom stereocenters. The maximum atomic E-state index is 5.97. The molecule has 0 aliphatic heterocycles. The molecular weight excluding hydrogens is 272 g/mol. The van der Waals surface area contributed by atoms with Gasteiger partial charge in [-0.05, 0) is 31.0 Å². The van der Waals surface area contributed by atoms with Crippen molar-refractivity contribution in [1.82, 2.24) is 9.97 Å². The highest BCUT2D eigenvalue weighted by Gasteiger charge is 2.15. The Morgan fingerprint density at radius 2 is 1.85 bits per heavy atom. The van der Waals surface area contributed by atoms with Gasteiger partial charge in [0.1, 0.15) is 18.0 Å². The second-order valence-corrected chi connectivity index (χ2v) is 5.49. The summed E-state index contributed by atoms with van der Waals surface area (Å²) in [6.45, 7) is 0. The molecule has 1 aromatic carbocycles. The molecule has 104 valence electrons. The summed E-state index contributed by atoms with van der Waals surface area (Å²) in [6, 6.07) is 10.1. The first kappa shape index (κ1) is 13.2. The minimum absolute atomic E-state index is 0.545. The molecule has 1 saturated carbocycles. The van der Waals surface area contributed by atoms with Crippen molar-refractivity contribution in [3.05, 3.63) is 41.7 Å². The summed E-state index contributed by atoms with van der Waals surface area (Å²) in [7, 11) is 0. The molecule has 1 heterocycles. The molecule has 0 unspecified atom stereocenters. The number of anilines is 3. The zero-order chi connectivity index (χ0) is 13.8. The molecule has 1 aliphatic carbocycles. The van der Waals surface area contributed by atoms with Crippen LogP contribution in [0, 0.1) is 0 Å². The quantitative estimate of drug-likeness (QED) is 0.884. The number of rotatable bonds is 4. The molecule has 1 aliphatic rings. The molecule has 1 aromatic heterocycles. The van der Waals surface area contributed by atoms with Gasteiger partial charge in [-0.2, -0.15) is 0 Å². The van der Waals surface area contributed by atoms with E-state index in [9.17, 15) is 0 Å². The molecule has 3 rings (SSSR count). The number of hydrogen-bond acceptors (Lipinski definition) is 4. The average molecular weight is 289 g/mol. The highest BCUT2D eigenvalue weighted by atomic mass is 35.5. The number of hydrogen-bond donors (Lipinski definition) is 2. The molecule has 5 heteroatoms. The predicted molar refractivity (Wildman–Crippen MR) is 82.6 cm³/mol. The van der Waals surface area contributed by atoms with Crippen LogP contribution in [-0.2, 0) is 0 Å². The highest BCUT2D eigenvalue weighted by Crippen LogP contribution is 2.23. The van der Waals surface area contributed by atoms with E-state index in [1.807, 2.05) is 30.3 Å². The molecule has 0 saturated heterocycles. The smallest absolute Gasteiger partial charge is 0.135 e. The molecule has 2 N–H and O–H groups in total. The van der Waals surface area contributed by atoms with E-state index in [4.69, 9.17) is 11.6 Å². The molecule has 2 aromatic rings. The van der Waals surface area contributed by atoms with Gasteiger partial charge in [-0.3, -0.25) is 0 Å². The van der Waals surface area contributed by atoms with Crippen LogP contribution < -0.4 is 10.6 Å². The second-order valence-electron chi connectivity index (χ2n) is 5.05. The Labute approximate surface area is 123 Å². The van der Waals surface area contributed by atoms with E-state index in [1.54, 1.807) is 6.33 Å². The van der Waals surface area contributed by atoms with E-state index >= 15 is 0 Å². The summed E-state index contributed by atoms with van der Waals surface area (Å²) < 4.78 is 0. The first-order valence-electron chi connectivity index (χ1n) is 6.91. The van der Waals surface area contributed by atoms with Crippen molar-refractivity contribution in [3.63, 3.8) is 0 Å². The van der Waals surface area contributed by atoms with Crippen LogP contribution in [0.5, 0.6) is 0 Å². The lowest BCUT2D eigenvalue weighted by Gasteiger charge is -2.13. The van der Waals surface area contributed by atoms with E-state index in [2.05, 4.69) is 20.6 Å². The lowest BCUT2D eigenvalue weighted by molar-refractivity contribution is 0.750. The topological polar surface area (TPSA) is 49.8 Å². The molecule has 0 spiro atoms. The summed E-state index contributed by atoms with van der Waals surface area (Å²) in [5.41, 5.74) is 0.919. The minimum Gasteiger partial charge on any atom is -0.367 e. The number of halogens is 1. The maximum Gasteiger partial charge on any atom is 0.135 e. The number of benzene rings is 1. The van der Waals surface area contributed by atoms with Crippen LogP contribution in [0.3, 0.4) is 0 Å². The van der Waals surface area contributed by atoms with Gasteiger partial charge in [0, 0.05) is 22.8 Å². The third-order valence-electron chi connectivity index (χ3n) is 3.47. The Hall–Kier alpha value is -1.81. The molecule has 4 nitrogen and oxygen atoms in total. The molecular formula is C15H17ClN4. The zero-order valence-corrected chi connectivity index (χ0v) is 11.9. The standard InChI is InChI=1S/C15H17ClN4/c16-11-4-3-7-13(8-11)20-15-9-14(17-10-18-15)19-12-5-1-2-6-12/h3-4,7-10,12H,1-2,5-6H2,(H2,17,18,19,20). The van der Waals surface area contributed by atoms with Crippen LogP contribution in [0.25, 0.3) is 0 Å². The van der Waals surface area contributed by atoms with Gasteiger partial charge in [0.15, 0.2) is 0 Å². The van der Waals surface area contributed by atoms with E-state index in [1.165, 1.54) is 25.7 Å². The average Bonchev–Trinajstić information content (AvgIpc) is 2.92. The largest absolute Gasteiger partial charge is 0.367 e. The molecule has 1 fully saturated rings. The van der Waals surface area contributed by atoms with Crippen molar-refractivity contribution in [2.24, 2.45) is 0 Å². The Balaban J connectivity index is 1.70. The second kappa shape index (κ2) is 6.09. The van der Waals surface area contributed by atoms with Gasteiger partial charge in [0.05, 0.1) is 0 Å². The fraction of sp³-hybridized carbons (Fsp3) is 0.333. The van der Waals surface area contributed by atoms with E-state index in [-0.39, 0.29) is 0 Å². The van der Waals surface area contributed by atoms with Gasteiger partial charge in [0.25, 0.3) is 0 Å². The van der Waals surface area contributed by atoms with Crippen LogP contribution in [-0.4, -0.2) is 16.0 Å². The highest BCUT2D eigenvalue weighted by molar-refractivity contribution is 6.30. The summed E-state index contributed by atoms with van der Waals surface area (Å²) in [5, 5.41) is 7.40. The van der Waals surface area contributed by atoms with Crippen molar-refractivity contribution in [1.29, 1.82) is 0 Å². The van der Waals surface area contributed by atoms with Gasteiger partial charge in [-0.15, -0.1) is 0 Å². The van der Waals surface area contributed by atoms with Crippen LogP contribution in [0.4, 0.5) is 17.3 Å². The van der Waals surface area contributed by atoms with Crippen LogP contribution in [0.1, 0.15) is 25.7 Å². The van der Waals surface area contributed by atoms with Crippen molar-refractivity contribution in [3.8, 4) is 0 Å². The van der Waals surface area contributed by atoms with Crippen LogP contribution >= 0.6 is 11.6 Å². The van der Waals surface area contributed by atoms with E-state index in [0.717, 1.165) is 17.3 Å². The van der Waals surface area contributed by atoms with Gasteiger partial charge >= 0.3 is 0 Å². The Kier molecular flexibility index (Phi) is 4.02. The van der Waals surface area contributed by atoms with Gasteiger partial charge in [0.2, 0.25) is 0 Å². The van der Waals surface area contributed by atoms with Crippen LogP contribution in [0.15, 0.2) is 36.7 Å². The minimum atomic E-state index is 0.545. The fourth-order valence-corrected chi connectivity index (χ4v) is 2.69. The molecule has 20 heavy (non-hydrogen) atoms. The Morgan fingerprint density at radius 1 is 1.05 bits per heavy atom. The third kappa shape index (κ3) is 3.39. The van der Waals surface area contributed by atoms with Crippen molar-refractivity contribution in [2.45, 2.75) is 31.7 Å². The first-order valence-corrected chi connectivity index (χ1v) is 7.28. The SMILES string of the molecule is Clc1cccc(Nc2cc(NC3CCCC3)ncn2)c1. The van der Waals surface area contributed by atoms with Gasteiger partial charge in [-0.1, -0.05) is 30.5 Å². The zero-order valence-electron chi connectivity index (χ0n) is 11.1. The lowest BCUT2D eigenvalue weighted by atomic mass is 10.2. The summed E-state index contributed by atoms with van der Waals surface area (Å²) in [5.74, 6) is 1.64. The van der Waals surface area contributed by atoms with Crippen molar-refractivity contribution >= 4 is 28.9 Å². The normalized spacial score (nSPS) is 15.2. The van der Waals surface area contributed by atoms with Crippen molar-refractivity contribution < 1.29 is 0 Å². The molecule has 0 radical (unpaired) electrons. The molecule has 0 bridgehead atoms. The number of aromatic nitrogens is 2. The predicted octanol–water partition coefficient (Wildman–Crippen LogP) is 4.23. The number of nitrogens with zero attached hydrogens (tertiary/aromatic N) is 2. The van der Waals surface area contributed by atoms with Crippen LogP contribution in [0.2, 0.25) is 5.02 Å². The van der Waals surface area contributed by atoms with E-state index in [0.29, 0.717) is 11.1 Å². The van der Waals surface area contributed by atoms with Gasteiger partial charge in [-0.25, -0.2) is 9.97 Å². The van der Waals surface area contributed by atoms with Gasteiger partial charge < -0.3 is 10.6 Å². The third-order valence-corrected chi connectivity index (χ3v) is 3.71. The maximum absolute atomic E-state index is 5.97.